The highest BCUT2D eigenvalue weighted by atomic mass is 16.6. The Morgan fingerprint density at radius 1 is 1.29 bits per heavy atom. The van der Waals surface area contributed by atoms with Crippen molar-refractivity contribution in [3.63, 3.8) is 0 Å². The van der Waals surface area contributed by atoms with Crippen molar-refractivity contribution in [2.75, 3.05) is 6.61 Å². The quantitative estimate of drug-likeness (QED) is 0.694. The molecule has 0 atom stereocenters. The fourth-order valence-electron chi connectivity index (χ4n) is 1.80. The third-order valence-electron chi connectivity index (χ3n) is 3.82. The van der Waals surface area contributed by atoms with E-state index in [0.29, 0.717) is 6.61 Å². The van der Waals surface area contributed by atoms with E-state index < -0.39 is 0 Å². The smallest absolute Gasteiger partial charge is 0.407 e. The minimum Gasteiger partial charge on any atom is -0.407 e. The van der Waals surface area contributed by atoms with Crippen molar-refractivity contribution in [1.82, 2.24) is 4.98 Å². The van der Waals surface area contributed by atoms with Crippen molar-refractivity contribution < 1.29 is 9.31 Å². The molecule has 0 bridgehead atoms. The summed E-state index contributed by atoms with van der Waals surface area (Å²) < 4.78 is 11.9. The van der Waals surface area contributed by atoms with Gasteiger partial charge in [-0.3, -0.25) is 4.98 Å². The third-order valence-corrected chi connectivity index (χ3v) is 3.82. The van der Waals surface area contributed by atoms with Crippen molar-refractivity contribution in [2.45, 2.75) is 40.2 Å². The van der Waals surface area contributed by atoms with E-state index in [0.717, 1.165) is 11.2 Å². The van der Waals surface area contributed by atoms with Crippen LogP contribution in [0.5, 0.6) is 0 Å². The van der Waals surface area contributed by atoms with Gasteiger partial charge in [-0.05, 0) is 38.4 Å². The lowest BCUT2D eigenvalue weighted by molar-refractivity contribution is -0.0937. The van der Waals surface area contributed by atoms with Gasteiger partial charge in [0.2, 0.25) is 0 Å². The van der Waals surface area contributed by atoms with Crippen LogP contribution in [0.15, 0.2) is 18.3 Å². The summed E-state index contributed by atoms with van der Waals surface area (Å²) in [6, 6.07) is 3.96. The van der Waals surface area contributed by atoms with Crippen LogP contribution in [0.4, 0.5) is 0 Å². The standard InChI is InChI=1S/C13H20BNO2/c1-10-8-11(6-7-15-10)14-16-9-12(2,3)13(4,5)17-14/h6-8H,9H2,1-5H3. The molecule has 2 heterocycles. The van der Waals surface area contributed by atoms with Crippen LogP contribution in [0, 0.1) is 12.3 Å². The normalized spacial score (nSPS) is 22.5. The second-order valence-electron chi connectivity index (χ2n) is 5.89. The topological polar surface area (TPSA) is 31.4 Å². The van der Waals surface area contributed by atoms with Gasteiger partial charge in [0.15, 0.2) is 0 Å². The molecule has 0 N–H and O–H groups in total. The summed E-state index contributed by atoms with van der Waals surface area (Å²) in [6.07, 6.45) is 1.80. The zero-order chi connectivity index (χ0) is 12.7. The molecular weight excluding hydrogens is 213 g/mol. The Bertz CT molecular complexity index is 418. The van der Waals surface area contributed by atoms with E-state index in [-0.39, 0.29) is 18.1 Å². The van der Waals surface area contributed by atoms with Gasteiger partial charge in [0.1, 0.15) is 0 Å². The third kappa shape index (κ3) is 2.38. The molecule has 0 amide bonds. The van der Waals surface area contributed by atoms with Gasteiger partial charge in [-0.2, -0.15) is 0 Å². The molecule has 17 heavy (non-hydrogen) atoms. The maximum Gasteiger partial charge on any atom is 0.494 e. The summed E-state index contributed by atoms with van der Waals surface area (Å²) in [7, 11) is -0.278. The predicted molar refractivity (Wildman–Crippen MR) is 69.3 cm³/mol. The highest BCUT2D eigenvalue weighted by molar-refractivity contribution is 6.61. The molecule has 0 unspecified atom stereocenters. The molecule has 1 aromatic heterocycles. The molecule has 0 aromatic carbocycles. The lowest BCUT2D eigenvalue weighted by Crippen LogP contribution is -2.58. The zero-order valence-corrected chi connectivity index (χ0v) is 11.3. The molecule has 0 aliphatic carbocycles. The van der Waals surface area contributed by atoms with E-state index in [1.54, 1.807) is 6.20 Å². The average molecular weight is 233 g/mol. The van der Waals surface area contributed by atoms with E-state index in [1.807, 2.05) is 19.1 Å². The number of aryl methyl sites for hydroxylation is 1. The molecule has 2 rings (SSSR count). The van der Waals surface area contributed by atoms with Gasteiger partial charge in [0.05, 0.1) is 5.60 Å². The molecule has 3 nitrogen and oxygen atoms in total. The molecule has 92 valence electrons. The molecule has 1 aromatic rings. The van der Waals surface area contributed by atoms with Gasteiger partial charge in [-0.1, -0.05) is 13.8 Å². The van der Waals surface area contributed by atoms with Crippen LogP contribution in [0.3, 0.4) is 0 Å². The first-order valence-electron chi connectivity index (χ1n) is 6.04. The van der Waals surface area contributed by atoms with Crippen LogP contribution in [0.25, 0.3) is 0 Å². The van der Waals surface area contributed by atoms with Crippen molar-refractivity contribution in [2.24, 2.45) is 5.41 Å². The summed E-state index contributed by atoms with van der Waals surface area (Å²) >= 11 is 0. The van der Waals surface area contributed by atoms with E-state index >= 15 is 0 Å². The SMILES string of the molecule is Cc1cc(B2OCC(C)(C)C(C)(C)O2)ccn1. The maximum atomic E-state index is 6.08. The second kappa shape index (κ2) is 4.11. The Morgan fingerprint density at radius 2 is 2.00 bits per heavy atom. The van der Waals surface area contributed by atoms with E-state index in [9.17, 15) is 0 Å². The van der Waals surface area contributed by atoms with Crippen molar-refractivity contribution in [1.29, 1.82) is 0 Å². The first-order valence-corrected chi connectivity index (χ1v) is 6.04. The van der Waals surface area contributed by atoms with Gasteiger partial charge in [-0.25, -0.2) is 0 Å². The Labute approximate surface area is 104 Å². The summed E-state index contributed by atoms with van der Waals surface area (Å²) in [5.74, 6) is 0. The summed E-state index contributed by atoms with van der Waals surface area (Å²) in [6.45, 7) is 11.3. The van der Waals surface area contributed by atoms with E-state index in [2.05, 4.69) is 32.7 Å². The Balaban J connectivity index is 2.21. The Morgan fingerprint density at radius 3 is 2.59 bits per heavy atom. The average Bonchev–Trinajstić information content (AvgIpc) is 2.22. The van der Waals surface area contributed by atoms with Crippen LogP contribution in [-0.4, -0.2) is 24.3 Å². The van der Waals surface area contributed by atoms with Crippen LogP contribution < -0.4 is 5.46 Å². The molecule has 1 fully saturated rings. The van der Waals surface area contributed by atoms with Gasteiger partial charge in [0.25, 0.3) is 0 Å². The first-order chi connectivity index (χ1) is 7.82. The molecular formula is C13H20BNO2. The largest absolute Gasteiger partial charge is 0.494 e. The highest BCUT2D eigenvalue weighted by Crippen LogP contribution is 2.37. The molecule has 1 saturated heterocycles. The first kappa shape index (κ1) is 12.6. The van der Waals surface area contributed by atoms with Gasteiger partial charge in [0, 0.05) is 23.9 Å². The second-order valence-corrected chi connectivity index (χ2v) is 5.89. The summed E-state index contributed by atoms with van der Waals surface area (Å²) in [5, 5.41) is 0. The van der Waals surface area contributed by atoms with Crippen molar-refractivity contribution in [3.8, 4) is 0 Å². The number of hydrogen-bond acceptors (Lipinski definition) is 3. The number of hydrogen-bond donors (Lipinski definition) is 0. The minimum atomic E-state index is -0.278. The van der Waals surface area contributed by atoms with E-state index in [4.69, 9.17) is 9.31 Å². The molecule has 0 radical (unpaired) electrons. The van der Waals surface area contributed by atoms with Crippen LogP contribution in [-0.2, 0) is 9.31 Å². The molecule has 0 spiro atoms. The summed E-state index contributed by atoms with van der Waals surface area (Å²) in [5.41, 5.74) is 1.84. The number of nitrogens with zero attached hydrogens (tertiary/aromatic N) is 1. The fraction of sp³-hybridized carbons (Fsp3) is 0.615. The van der Waals surface area contributed by atoms with Gasteiger partial charge >= 0.3 is 7.12 Å². The summed E-state index contributed by atoms with van der Waals surface area (Å²) in [4.78, 5) is 4.19. The Kier molecular flexibility index (Phi) is 3.04. The predicted octanol–water partition coefficient (Wildman–Crippen LogP) is 1.94. The highest BCUT2D eigenvalue weighted by Gasteiger charge is 2.46. The number of pyridine rings is 1. The van der Waals surface area contributed by atoms with Crippen LogP contribution >= 0.6 is 0 Å². The molecule has 1 aliphatic rings. The van der Waals surface area contributed by atoms with Gasteiger partial charge in [-0.15, -0.1) is 0 Å². The molecule has 4 heteroatoms. The van der Waals surface area contributed by atoms with Crippen LogP contribution in [0.1, 0.15) is 33.4 Å². The molecule has 0 saturated carbocycles. The minimum absolute atomic E-state index is 0.0194. The molecule has 1 aliphatic heterocycles. The van der Waals surface area contributed by atoms with Crippen LogP contribution in [0.2, 0.25) is 0 Å². The van der Waals surface area contributed by atoms with Crippen molar-refractivity contribution >= 4 is 12.6 Å². The van der Waals surface area contributed by atoms with Crippen molar-refractivity contribution in [3.05, 3.63) is 24.0 Å². The Hall–Kier alpha value is -0.865. The lowest BCUT2D eigenvalue weighted by atomic mass is 9.69. The number of rotatable bonds is 1. The lowest BCUT2D eigenvalue weighted by Gasteiger charge is -2.47. The van der Waals surface area contributed by atoms with E-state index in [1.165, 1.54) is 0 Å². The zero-order valence-electron chi connectivity index (χ0n) is 11.3. The fourth-order valence-corrected chi connectivity index (χ4v) is 1.80. The number of aromatic nitrogens is 1. The maximum absolute atomic E-state index is 6.08. The van der Waals surface area contributed by atoms with Gasteiger partial charge < -0.3 is 9.31 Å². The monoisotopic (exact) mass is 233 g/mol.